The second-order valence-electron chi connectivity index (χ2n) is 4.95. The molecule has 0 unspecified atom stereocenters. The van der Waals surface area contributed by atoms with Crippen LogP contribution in [0.4, 0.5) is 0 Å². The Balaban J connectivity index is 2.27. The number of hydrogen-bond donors (Lipinski definition) is 1. The number of hydrogen-bond acceptors (Lipinski definition) is 2. The van der Waals surface area contributed by atoms with Crippen molar-refractivity contribution in [1.82, 2.24) is 0 Å². The molecule has 0 radical (unpaired) electrons. The van der Waals surface area contributed by atoms with E-state index in [4.69, 9.17) is 5.11 Å². The first-order chi connectivity index (χ1) is 10.2. The van der Waals surface area contributed by atoms with Crippen LogP contribution in [0.2, 0.25) is 0 Å². The lowest BCUT2D eigenvalue weighted by molar-refractivity contribution is 0.290. The standard InChI is InChI=1S/C18H20O2S/c1-15-9-11-18(12-10-15)21(20)14-17(8-5-13-19)16-6-3-2-4-7-16/h2-4,6-7,9-12,14,19H,5,8,13H2,1H3/b17-14-/t21-/m1/s1. The normalized spacial score (nSPS) is 13.1. The average Bonchev–Trinajstić information content (AvgIpc) is 2.52. The highest BCUT2D eigenvalue weighted by Crippen LogP contribution is 2.22. The molecule has 0 saturated carbocycles. The van der Waals surface area contributed by atoms with Crippen LogP contribution >= 0.6 is 0 Å². The fourth-order valence-corrected chi connectivity index (χ4v) is 3.12. The Bertz CT molecular complexity index is 615. The third-order valence-electron chi connectivity index (χ3n) is 3.25. The molecule has 21 heavy (non-hydrogen) atoms. The summed E-state index contributed by atoms with van der Waals surface area (Å²) in [6.45, 7) is 2.15. The topological polar surface area (TPSA) is 37.3 Å². The Labute approximate surface area is 128 Å². The maximum absolute atomic E-state index is 12.5. The maximum Gasteiger partial charge on any atom is 0.0778 e. The molecule has 0 fully saturated rings. The molecule has 1 atom stereocenters. The first-order valence-corrected chi connectivity index (χ1v) is 8.26. The van der Waals surface area contributed by atoms with Gasteiger partial charge in [-0.2, -0.15) is 0 Å². The second-order valence-corrected chi connectivity index (χ2v) is 6.25. The van der Waals surface area contributed by atoms with Crippen molar-refractivity contribution in [2.45, 2.75) is 24.7 Å². The Morgan fingerprint density at radius 3 is 2.38 bits per heavy atom. The SMILES string of the molecule is Cc1ccc([S@](=O)/C=C(/CCCO)c2ccccc2)cc1. The van der Waals surface area contributed by atoms with Crippen LogP contribution in [0.25, 0.3) is 5.57 Å². The van der Waals surface area contributed by atoms with Gasteiger partial charge in [-0.1, -0.05) is 48.0 Å². The summed E-state index contributed by atoms with van der Waals surface area (Å²) in [6.07, 6.45) is 1.39. The quantitative estimate of drug-likeness (QED) is 0.878. The highest BCUT2D eigenvalue weighted by atomic mass is 32.2. The monoisotopic (exact) mass is 300 g/mol. The Morgan fingerprint density at radius 1 is 1.10 bits per heavy atom. The molecule has 0 bridgehead atoms. The maximum atomic E-state index is 12.5. The molecule has 0 aliphatic heterocycles. The van der Waals surface area contributed by atoms with Crippen LogP contribution in [0, 0.1) is 6.92 Å². The number of rotatable bonds is 6. The third kappa shape index (κ3) is 4.66. The fourth-order valence-electron chi connectivity index (χ4n) is 2.06. The van der Waals surface area contributed by atoms with Crippen LogP contribution in [0.1, 0.15) is 24.0 Å². The molecule has 2 aromatic rings. The Morgan fingerprint density at radius 2 is 1.76 bits per heavy atom. The molecule has 0 heterocycles. The molecular weight excluding hydrogens is 280 g/mol. The summed E-state index contributed by atoms with van der Waals surface area (Å²) in [5.41, 5.74) is 3.23. The van der Waals surface area contributed by atoms with Crippen LogP contribution in [0.5, 0.6) is 0 Å². The summed E-state index contributed by atoms with van der Waals surface area (Å²) in [7, 11) is -1.17. The zero-order chi connectivity index (χ0) is 15.1. The molecule has 3 heteroatoms. The van der Waals surface area contributed by atoms with Crippen LogP contribution in [0.3, 0.4) is 0 Å². The van der Waals surface area contributed by atoms with E-state index in [1.165, 1.54) is 0 Å². The molecule has 2 rings (SSSR count). The third-order valence-corrected chi connectivity index (χ3v) is 4.49. The van der Waals surface area contributed by atoms with E-state index in [-0.39, 0.29) is 6.61 Å². The summed E-state index contributed by atoms with van der Waals surface area (Å²) in [6, 6.07) is 17.7. The van der Waals surface area contributed by atoms with Crippen molar-refractivity contribution in [3.05, 3.63) is 71.1 Å². The summed E-state index contributed by atoms with van der Waals surface area (Å²) in [4.78, 5) is 0.804. The molecule has 1 N–H and O–H groups in total. The van der Waals surface area contributed by atoms with Gasteiger partial charge >= 0.3 is 0 Å². The minimum absolute atomic E-state index is 0.140. The van der Waals surface area contributed by atoms with Crippen LogP contribution in [-0.2, 0) is 10.8 Å². The van der Waals surface area contributed by atoms with Gasteiger partial charge in [0.05, 0.1) is 10.8 Å². The van der Waals surface area contributed by atoms with Crippen molar-refractivity contribution in [2.24, 2.45) is 0 Å². The van der Waals surface area contributed by atoms with Crippen molar-refractivity contribution >= 4 is 16.4 Å². The predicted molar refractivity (Wildman–Crippen MR) is 88.3 cm³/mol. The highest BCUT2D eigenvalue weighted by Gasteiger charge is 2.06. The summed E-state index contributed by atoms with van der Waals surface area (Å²) < 4.78 is 12.5. The van der Waals surface area contributed by atoms with E-state index in [1.807, 2.05) is 61.5 Å². The first kappa shape index (κ1) is 15.7. The van der Waals surface area contributed by atoms with E-state index < -0.39 is 10.8 Å². The molecule has 0 aliphatic rings. The van der Waals surface area contributed by atoms with Gasteiger partial charge in [0, 0.05) is 16.9 Å². The van der Waals surface area contributed by atoms with E-state index in [0.717, 1.165) is 28.0 Å². The lowest BCUT2D eigenvalue weighted by Crippen LogP contribution is -1.93. The summed E-state index contributed by atoms with van der Waals surface area (Å²) in [5.74, 6) is 0. The van der Waals surface area contributed by atoms with Crippen molar-refractivity contribution in [3.8, 4) is 0 Å². The molecule has 110 valence electrons. The number of aliphatic hydroxyl groups excluding tert-OH is 1. The molecule has 0 amide bonds. The van der Waals surface area contributed by atoms with E-state index >= 15 is 0 Å². The van der Waals surface area contributed by atoms with Gasteiger partial charge in [-0.25, -0.2) is 4.21 Å². The van der Waals surface area contributed by atoms with E-state index in [9.17, 15) is 4.21 Å². The Hall–Kier alpha value is -1.71. The lowest BCUT2D eigenvalue weighted by atomic mass is 10.0. The minimum atomic E-state index is -1.17. The highest BCUT2D eigenvalue weighted by molar-refractivity contribution is 7.88. The number of benzene rings is 2. The van der Waals surface area contributed by atoms with Crippen molar-refractivity contribution in [3.63, 3.8) is 0 Å². The summed E-state index contributed by atoms with van der Waals surface area (Å²) >= 11 is 0. The molecule has 0 spiro atoms. The van der Waals surface area contributed by atoms with E-state index in [1.54, 1.807) is 5.41 Å². The minimum Gasteiger partial charge on any atom is -0.396 e. The van der Waals surface area contributed by atoms with Gasteiger partial charge in [-0.15, -0.1) is 0 Å². The zero-order valence-corrected chi connectivity index (χ0v) is 13.0. The van der Waals surface area contributed by atoms with Gasteiger partial charge in [-0.05, 0) is 43.0 Å². The molecule has 2 aromatic carbocycles. The fraction of sp³-hybridized carbons (Fsp3) is 0.222. The molecular formula is C18H20O2S. The van der Waals surface area contributed by atoms with Gasteiger partial charge < -0.3 is 5.11 Å². The summed E-state index contributed by atoms with van der Waals surface area (Å²) in [5, 5.41) is 10.8. The van der Waals surface area contributed by atoms with Crippen molar-refractivity contribution in [1.29, 1.82) is 0 Å². The Kier molecular flexibility index (Phi) is 5.90. The number of allylic oxidation sites excluding steroid dienone is 1. The molecule has 0 aliphatic carbocycles. The van der Waals surface area contributed by atoms with Crippen molar-refractivity contribution < 1.29 is 9.32 Å². The average molecular weight is 300 g/mol. The van der Waals surface area contributed by atoms with Gasteiger partial charge in [-0.3, -0.25) is 0 Å². The second kappa shape index (κ2) is 7.91. The predicted octanol–water partition coefficient (Wildman–Crippen LogP) is 3.92. The van der Waals surface area contributed by atoms with Gasteiger partial charge in [0.1, 0.15) is 0 Å². The first-order valence-electron chi connectivity index (χ1n) is 7.05. The molecule has 0 aromatic heterocycles. The van der Waals surface area contributed by atoms with Gasteiger partial charge in [0.2, 0.25) is 0 Å². The van der Waals surface area contributed by atoms with Crippen LogP contribution < -0.4 is 0 Å². The number of aliphatic hydroxyl groups is 1. The van der Waals surface area contributed by atoms with Gasteiger partial charge in [0.15, 0.2) is 0 Å². The molecule has 2 nitrogen and oxygen atoms in total. The van der Waals surface area contributed by atoms with Crippen molar-refractivity contribution in [2.75, 3.05) is 6.61 Å². The smallest absolute Gasteiger partial charge is 0.0778 e. The lowest BCUT2D eigenvalue weighted by Gasteiger charge is -2.07. The van der Waals surface area contributed by atoms with E-state index in [2.05, 4.69) is 0 Å². The van der Waals surface area contributed by atoms with Gasteiger partial charge in [0.25, 0.3) is 0 Å². The largest absolute Gasteiger partial charge is 0.396 e. The molecule has 0 saturated heterocycles. The van der Waals surface area contributed by atoms with Crippen LogP contribution in [-0.4, -0.2) is 15.9 Å². The zero-order valence-electron chi connectivity index (χ0n) is 12.2. The number of aryl methyl sites for hydroxylation is 1. The van der Waals surface area contributed by atoms with Crippen LogP contribution in [0.15, 0.2) is 64.9 Å². The van der Waals surface area contributed by atoms with E-state index in [0.29, 0.717) is 6.42 Å².